The number of nitrogens with zero attached hydrogens (tertiary/aromatic N) is 1. The number of piperidine rings is 1. The van der Waals surface area contributed by atoms with Crippen molar-refractivity contribution in [1.29, 1.82) is 0 Å². The lowest BCUT2D eigenvalue weighted by Gasteiger charge is -2.31. The van der Waals surface area contributed by atoms with E-state index >= 15 is 0 Å². The highest BCUT2D eigenvalue weighted by molar-refractivity contribution is 5.78. The van der Waals surface area contributed by atoms with E-state index in [0.29, 0.717) is 25.3 Å². The van der Waals surface area contributed by atoms with Crippen molar-refractivity contribution >= 4 is 5.91 Å². The van der Waals surface area contributed by atoms with E-state index in [-0.39, 0.29) is 17.6 Å². The summed E-state index contributed by atoms with van der Waals surface area (Å²) in [5.41, 5.74) is 0.716. The number of ether oxygens (including phenoxy) is 1. The Bertz CT molecular complexity index is 700. The molecule has 0 saturated carbocycles. The molecule has 0 spiro atoms. The Morgan fingerprint density at radius 1 is 1.08 bits per heavy atom. The van der Waals surface area contributed by atoms with E-state index in [1.54, 1.807) is 6.07 Å². The summed E-state index contributed by atoms with van der Waals surface area (Å²) in [4.78, 5) is 14.5. The van der Waals surface area contributed by atoms with E-state index in [0.717, 1.165) is 31.7 Å². The number of benzene rings is 2. The topological polar surface area (TPSA) is 41.6 Å². The number of carbonyl (C=O) groups is 1. The number of rotatable bonds is 7. The van der Waals surface area contributed by atoms with Gasteiger partial charge in [0.15, 0.2) is 0 Å². The van der Waals surface area contributed by atoms with Crippen molar-refractivity contribution < 1.29 is 13.9 Å². The van der Waals surface area contributed by atoms with Gasteiger partial charge in [-0.25, -0.2) is 4.39 Å². The summed E-state index contributed by atoms with van der Waals surface area (Å²) < 4.78 is 19.3. The summed E-state index contributed by atoms with van der Waals surface area (Å²) >= 11 is 0. The average molecular weight is 356 g/mol. The van der Waals surface area contributed by atoms with Crippen molar-refractivity contribution in [3.8, 4) is 5.75 Å². The Balaban J connectivity index is 1.35. The van der Waals surface area contributed by atoms with E-state index in [4.69, 9.17) is 4.74 Å². The van der Waals surface area contributed by atoms with Gasteiger partial charge in [-0.2, -0.15) is 0 Å². The molecule has 3 rings (SSSR count). The quantitative estimate of drug-likeness (QED) is 0.775. The van der Waals surface area contributed by atoms with Gasteiger partial charge in [0.1, 0.15) is 18.2 Å². The summed E-state index contributed by atoms with van der Waals surface area (Å²) in [6, 6.07) is 16.4. The summed E-state index contributed by atoms with van der Waals surface area (Å²) in [5.74, 6) is 0.768. The molecule has 4 nitrogen and oxygen atoms in total. The van der Waals surface area contributed by atoms with Crippen LogP contribution in [0.5, 0.6) is 5.75 Å². The standard InChI is InChI=1S/C21H25FN2O2/c22-20-9-5-4-6-18(20)16-24-13-10-17(11-14-24)21(25)23-12-15-26-19-7-2-1-3-8-19/h1-9,17H,10-16H2,(H,23,25). The lowest BCUT2D eigenvalue weighted by atomic mass is 9.95. The molecule has 5 heteroatoms. The number of hydrogen-bond acceptors (Lipinski definition) is 3. The largest absolute Gasteiger partial charge is 0.492 e. The molecule has 0 aromatic heterocycles. The number of carbonyl (C=O) groups excluding carboxylic acids is 1. The van der Waals surface area contributed by atoms with Crippen LogP contribution in [0, 0.1) is 11.7 Å². The van der Waals surface area contributed by atoms with E-state index < -0.39 is 0 Å². The molecule has 0 radical (unpaired) electrons. The molecule has 2 aromatic rings. The maximum Gasteiger partial charge on any atom is 0.223 e. The maximum atomic E-state index is 13.7. The second-order valence-corrected chi connectivity index (χ2v) is 6.59. The van der Waals surface area contributed by atoms with E-state index in [9.17, 15) is 9.18 Å². The first kappa shape index (κ1) is 18.4. The zero-order valence-corrected chi connectivity index (χ0v) is 14.9. The predicted molar refractivity (Wildman–Crippen MR) is 99.3 cm³/mol. The summed E-state index contributed by atoms with van der Waals surface area (Å²) in [6.45, 7) is 3.19. The number of likely N-dealkylation sites (tertiary alicyclic amines) is 1. The highest BCUT2D eigenvalue weighted by Gasteiger charge is 2.25. The molecule has 0 unspecified atom stereocenters. The maximum absolute atomic E-state index is 13.7. The van der Waals surface area contributed by atoms with Crippen LogP contribution in [0.15, 0.2) is 54.6 Å². The van der Waals surface area contributed by atoms with Crippen molar-refractivity contribution in [3.63, 3.8) is 0 Å². The first-order valence-corrected chi connectivity index (χ1v) is 9.13. The zero-order chi connectivity index (χ0) is 18.2. The Hall–Kier alpha value is -2.40. The average Bonchev–Trinajstić information content (AvgIpc) is 2.68. The van der Waals surface area contributed by atoms with Crippen LogP contribution in [-0.4, -0.2) is 37.0 Å². The monoisotopic (exact) mass is 356 g/mol. The van der Waals surface area contributed by atoms with Crippen LogP contribution in [0.25, 0.3) is 0 Å². The number of amides is 1. The van der Waals surface area contributed by atoms with Crippen LogP contribution in [0.3, 0.4) is 0 Å². The number of halogens is 1. The number of nitrogens with one attached hydrogen (secondary N) is 1. The molecular weight excluding hydrogens is 331 g/mol. The van der Waals surface area contributed by atoms with Crippen LogP contribution in [0.4, 0.5) is 4.39 Å². The van der Waals surface area contributed by atoms with Gasteiger partial charge in [0, 0.05) is 18.0 Å². The molecule has 2 aromatic carbocycles. The minimum atomic E-state index is -0.161. The molecule has 138 valence electrons. The second kappa shape index (κ2) is 9.34. The van der Waals surface area contributed by atoms with E-state index in [1.807, 2.05) is 42.5 Å². The molecule has 1 fully saturated rings. The summed E-state index contributed by atoms with van der Waals surface area (Å²) in [5, 5.41) is 2.95. The lowest BCUT2D eigenvalue weighted by molar-refractivity contribution is -0.126. The van der Waals surface area contributed by atoms with Crippen LogP contribution >= 0.6 is 0 Å². The molecule has 0 bridgehead atoms. The van der Waals surface area contributed by atoms with Crippen molar-refractivity contribution in [2.45, 2.75) is 19.4 Å². The van der Waals surface area contributed by atoms with Gasteiger partial charge in [0.05, 0.1) is 6.54 Å². The molecule has 1 N–H and O–H groups in total. The predicted octanol–water partition coefficient (Wildman–Crippen LogP) is 3.23. The molecule has 1 saturated heterocycles. The van der Waals surface area contributed by atoms with Gasteiger partial charge < -0.3 is 10.1 Å². The molecule has 0 atom stereocenters. The summed E-state index contributed by atoms with van der Waals surface area (Å²) in [7, 11) is 0. The van der Waals surface area contributed by atoms with E-state index in [1.165, 1.54) is 6.07 Å². The minimum Gasteiger partial charge on any atom is -0.492 e. The Labute approximate surface area is 154 Å². The second-order valence-electron chi connectivity index (χ2n) is 6.59. The van der Waals surface area contributed by atoms with E-state index in [2.05, 4.69) is 10.2 Å². The van der Waals surface area contributed by atoms with Crippen molar-refractivity contribution in [3.05, 3.63) is 66.0 Å². The van der Waals surface area contributed by atoms with Gasteiger partial charge in [-0.05, 0) is 44.1 Å². The van der Waals surface area contributed by atoms with Crippen molar-refractivity contribution in [2.75, 3.05) is 26.2 Å². The number of hydrogen-bond donors (Lipinski definition) is 1. The van der Waals surface area contributed by atoms with Crippen molar-refractivity contribution in [1.82, 2.24) is 10.2 Å². The fourth-order valence-electron chi connectivity index (χ4n) is 3.22. The molecule has 1 aliphatic rings. The van der Waals surface area contributed by atoms with Crippen LogP contribution < -0.4 is 10.1 Å². The molecule has 1 heterocycles. The fourth-order valence-corrected chi connectivity index (χ4v) is 3.22. The molecule has 1 amide bonds. The van der Waals surface area contributed by atoms with Gasteiger partial charge in [-0.1, -0.05) is 36.4 Å². The first-order chi connectivity index (χ1) is 12.7. The normalized spacial score (nSPS) is 15.6. The van der Waals surface area contributed by atoms with Crippen LogP contribution in [0.1, 0.15) is 18.4 Å². The minimum absolute atomic E-state index is 0.0311. The third kappa shape index (κ3) is 5.30. The zero-order valence-electron chi connectivity index (χ0n) is 14.9. The molecule has 0 aliphatic carbocycles. The van der Waals surface area contributed by atoms with Gasteiger partial charge in [-0.3, -0.25) is 9.69 Å². The van der Waals surface area contributed by atoms with Gasteiger partial charge in [0.2, 0.25) is 5.91 Å². The highest BCUT2D eigenvalue weighted by Crippen LogP contribution is 2.20. The van der Waals surface area contributed by atoms with Crippen molar-refractivity contribution in [2.24, 2.45) is 5.92 Å². The number of para-hydroxylation sites is 1. The van der Waals surface area contributed by atoms with Crippen LogP contribution in [-0.2, 0) is 11.3 Å². The van der Waals surface area contributed by atoms with Gasteiger partial charge >= 0.3 is 0 Å². The summed E-state index contributed by atoms with van der Waals surface area (Å²) in [6.07, 6.45) is 1.61. The first-order valence-electron chi connectivity index (χ1n) is 9.13. The Kier molecular flexibility index (Phi) is 6.61. The smallest absolute Gasteiger partial charge is 0.223 e. The fraction of sp³-hybridized carbons (Fsp3) is 0.381. The third-order valence-electron chi connectivity index (χ3n) is 4.72. The highest BCUT2D eigenvalue weighted by atomic mass is 19.1. The molecule has 26 heavy (non-hydrogen) atoms. The lowest BCUT2D eigenvalue weighted by Crippen LogP contribution is -2.41. The molecule has 1 aliphatic heterocycles. The van der Waals surface area contributed by atoms with Gasteiger partial charge in [0.25, 0.3) is 0 Å². The SMILES string of the molecule is O=C(NCCOc1ccccc1)C1CCN(Cc2ccccc2F)CC1. The third-order valence-corrected chi connectivity index (χ3v) is 4.72. The Morgan fingerprint density at radius 2 is 1.77 bits per heavy atom. The molecular formula is C21H25FN2O2. The van der Waals surface area contributed by atoms with Crippen LogP contribution in [0.2, 0.25) is 0 Å². The Morgan fingerprint density at radius 3 is 2.50 bits per heavy atom. The van der Waals surface area contributed by atoms with Gasteiger partial charge in [-0.15, -0.1) is 0 Å².